The molecule has 0 aliphatic carbocycles. The highest BCUT2D eigenvalue weighted by Crippen LogP contribution is 2.40. The van der Waals surface area contributed by atoms with Crippen molar-refractivity contribution in [2.75, 3.05) is 5.32 Å². The van der Waals surface area contributed by atoms with Crippen LogP contribution in [0.5, 0.6) is 0 Å². The zero-order valence-electron chi connectivity index (χ0n) is 10.9. The van der Waals surface area contributed by atoms with Crippen molar-refractivity contribution in [3.63, 3.8) is 0 Å². The molecule has 0 aliphatic heterocycles. The van der Waals surface area contributed by atoms with Gasteiger partial charge >= 0.3 is 5.51 Å². The van der Waals surface area contributed by atoms with Gasteiger partial charge in [0.2, 0.25) is 0 Å². The number of rotatable bonds is 4. The van der Waals surface area contributed by atoms with Crippen LogP contribution >= 0.6 is 11.8 Å². The Balaban J connectivity index is 2.14. The number of aryl methyl sites for hydroxylation is 2. The second-order valence-corrected chi connectivity index (χ2v) is 5.31. The van der Waals surface area contributed by atoms with E-state index >= 15 is 0 Å². The van der Waals surface area contributed by atoms with E-state index in [1.165, 1.54) is 6.07 Å². The molecule has 1 aromatic heterocycles. The molecule has 108 valence electrons. The molecule has 2 aromatic rings. The summed E-state index contributed by atoms with van der Waals surface area (Å²) in [7, 11) is 0. The summed E-state index contributed by atoms with van der Waals surface area (Å²) in [5, 5.41) is 6.81. The third-order valence-electron chi connectivity index (χ3n) is 2.75. The first kappa shape index (κ1) is 14.8. The van der Waals surface area contributed by atoms with Gasteiger partial charge in [0.15, 0.2) is 0 Å². The Bertz CT molecular complexity index is 576. The molecule has 1 N–H and O–H groups in total. The number of nitrogens with zero attached hydrogens (tertiary/aromatic N) is 1. The van der Waals surface area contributed by atoms with Gasteiger partial charge in [-0.15, -0.1) is 0 Å². The summed E-state index contributed by atoms with van der Waals surface area (Å²) >= 11 is -0.129. The first-order valence-electron chi connectivity index (χ1n) is 5.87. The molecule has 20 heavy (non-hydrogen) atoms. The molecule has 7 heteroatoms. The maximum absolute atomic E-state index is 12.5. The van der Waals surface area contributed by atoms with Crippen molar-refractivity contribution in [1.29, 1.82) is 0 Å². The molecule has 0 radical (unpaired) electrons. The van der Waals surface area contributed by atoms with Crippen LogP contribution in [0.3, 0.4) is 0 Å². The molecule has 0 spiro atoms. The van der Waals surface area contributed by atoms with Gasteiger partial charge < -0.3 is 9.84 Å². The number of nitrogens with one attached hydrogen (secondary N) is 1. The van der Waals surface area contributed by atoms with Crippen LogP contribution in [0.25, 0.3) is 0 Å². The predicted molar refractivity (Wildman–Crippen MR) is 71.7 cm³/mol. The van der Waals surface area contributed by atoms with Gasteiger partial charge in [0, 0.05) is 22.7 Å². The summed E-state index contributed by atoms with van der Waals surface area (Å²) in [6.07, 6.45) is 0. The van der Waals surface area contributed by atoms with Crippen molar-refractivity contribution in [2.24, 2.45) is 0 Å². The number of halogens is 3. The fourth-order valence-corrected chi connectivity index (χ4v) is 2.41. The van der Waals surface area contributed by atoms with Crippen molar-refractivity contribution in [3.8, 4) is 0 Å². The van der Waals surface area contributed by atoms with E-state index in [1.807, 2.05) is 0 Å². The number of alkyl halides is 3. The molecule has 3 nitrogen and oxygen atoms in total. The lowest BCUT2D eigenvalue weighted by Gasteiger charge is -2.12. The predicted octanol–water partition coefficient (Wildman–Crippen LogP) is 4.52. The number of anilines is 1. The fourth-order valence-electron chi connectivity index (χ4n) is 1.76. The molecule has 0 aliphatic rings. The fraction of sp³-hybridized carbons (Fsp3) is 0.308. The normalized spacial score (nSPS) is 11.7. The second-order valence-electron chi connectivity index (χ2n) is 4.20. The maximum atomic E-state index is 12.5. The molecule has 1 aromatic carbocycles. The van der Waals surface area contributed by atoms with E-state index in [2.05, 4.69) is 10.5 Å². The lowest BCUT2D eigenvalue weighted by atomic mass is 10.2. The highest BCUT2D eigenvalue weighted by Gasteiger charge is 2.30. The van der Waals surface area contributed by atoms with Crippen LogP contribution in [0, 0.1) is 13.8 Å². The summed E-state index contributed by atoms with van der Waals surface area (Å²) in [6, 6.07) is 6.32. The van der Waals surface area contributed by atoms with Gasteiger partial charge in [-0.1, -0.05) is 17.3 Å². The van der Waals surface area contributed by atoms with Gasteiger partial charge in [0.1, 0.15) is 5.76 Å². The molecule has 0 saturated carbocycles. The lowest BCUT2D eigenvalue weighted by molar-refractivity contribution is -0.0327. The smallest absolute Gasteiger partial charge is 0.380 e. The Hall–Kier alpha value is -1.63. The molecule has 0 unspecified atom stereocenters. The van der Waals surface area contributed by atoms with Gasteiger partial charge in [-0.2, -0.15) is 13.2 Å². The largest absolute Gasteiger partial charge is 0.446 e. The zero-order chi connectivity index (χ0) is 14.8. The Labute approximate surface area is 118 Å². The van der Waals surface area contributed by atoms with Crippen LogP contribution in [-0.2, 0) is 6.54 Å². The van der Waals surface area contributed by atoms with Crippen LogP contribution in [0.2, 0.25) is 0 Å². The highest BCUT2D eigenvalue weighted by atomic mass is 32.2. The van der Waals surface area contributed by atoms with Crippen LogP contribution in [-0.4, -0.2) is 10.7 Å². The Kier molecular flexibility index (Phi) is 4.27. The molecule has 0 fully saturated rings. The Morgan fingerprint density at radius 2 is 1.95 bits per heavy atom. The third-order valence-corrected chi connectivity index (χ3v) is 3.56. The number of benzene rings is 1. The van der Waals surface area contributed by atoms with Crippen LogP contribution < -0.4 is 5.32 Å². The maximum Gasteiger partial charge on any atom is 0.446 e. The van der Waals surface area contributed by atoms with Crippen molar-refractivity contribution in [2.45, 2.75) is 30.8 Å². The van der Waals surface area contributed by atoms with Crippen molar-refractivity contribution >= 4 is 17.4 Å². The van der Waals surface area contributed by atoms with Gasteiger partial charge in [0.25, 0.3) is 0 Å². The minimum absolute atomic E-state index is 0.129. The monoisotopic (exact) mass is 302 g/mol. The van der Waals surface area contributed by atoms with Gasteiger partial charge in [-0.3, -0.25) is 0 Å². The average molecular weight is 302 g/mol. The highest BCUT2D eigenvalue weighted by molar-refractivity contribution is 8.00. The van der Waals surface area contributed by atoms with Crippen LogP contribution in [0.15, 0.2) is 33.7 Å². The number of hydrogen-bond donors (Lipinski definition) is 1. The molecule has 0 bridgehead atoms. The minimum atomic E-state index is -4.30. The van der Waals surface area contributed by atoms with E-state index in [9.17, 15) is 13.2 Å². The summed E-state index contributed by atoms with van der Waals surface area (Å²) in [4.78, 5) is 0.145. The molecule has 0 amide bonds. The van der Waals surface area contributed by atoms with E-state index in [1.54, 1.807) is 32.0 Å². The van der Waals surface area contributed by atoms with E-state index in [0.717, 1.165) is 11.3 Å². The SMILES string of the molecule is Cc1noc(C)c1CNc1ccccc1SC(F)(F)F. The van der Waals surface area contributed by atoms with Crippen molar-refractivity contribution in [1.82, 2.24) is 5.16 Å². The first-order valence-corrected chi connectivity index (χ1v) is 6.69. The van der Waals surface area contributed by atoms with Crippen molar-refractivity contribution in [3.05, 3.63) is 41.3 Å². The first-order chi connectivity index (χ1) is 9.37. The van der Waals surface area contributed by atoms with Gasteiger partial charge in [-0.25, -0.2) is 0 Å². The molecule has 1 heterocycles. The van der Waals surface area contributed by atoms with Gasteiger partial charge in [-0.05, 0) is 37.7 Å². The van der Waals surface area contributed by atoms with E-state index in [0.29, 0.717) is 18.0 Å². The average Bonchev–Trinajstić information content (AvgIpc) is 2.66. The summed E-state index contributed by atoms with van der Waals surface area (Å²) in [5.41, 5.74) is -2.27. The Morgan fingerprint density at radius 1 is 1.25 bits per heavy atom. The quantitative estimate of drug-likeness (QED) is 0.843. The van der Waals surface area contributed by atoms with Crippen molar-refractivity contribution < 1.29 is 17.7 Å². The molecule has 0 atom stereocenters. The van der Waals surface area contributed by atoms with Crippen LogP contribution in [0.4, 0.5) is 18.9 Å². The third kappa shape index (κ3) is 3.69. The summed E-state index contributed by atoms with van der Waals surface area (Å²) in [5.74, 6) is 0.663. The standard InChI is InChI=1S/C13H13F3N2OS/c1-8-10(9(2)19-18-8)7-17-11-5-3-4-6-12(11)20-13(14,15)16/h3-6,17H,7H2,1-2H3. The molecule has 0 saturated heterocycles. The number of aromatic nitrogens is 1. The number of hydrogen-bond acceptors (Lipinski definition) is 4. The molecular formula is C13H13F3N2OS. The molecular weight excluding hydrogens is 289 g/mol. The molecule has 2 rings (SSSR count). The van der Waals surface area contributed by atoms with E-state index in [4.69, 9.17) is 4.52 Å². The van der Waals surface area contributed by atoms with E-state index in [-0.39, 0.29) is 16.7 Å². The Morgan fingerprint density at radius 3 is 2.55 bits per heavy atom. The topological polar surface area (TPSA) is 38.1 Å². The lowest BCUT2D eigenvalue weighted by Crippen LogP contribution is -2.05. The van der Waals surface area contributed by atoms with Gasteiger partial charge in [0.05, 0.1) is 5.69 Å². The zero-order valence-corrected chi connectivity index (χ0v) is 11.7. The number of para-hydroxylation sites is 1. The number of thioether (sulfide) groups is 1. The van der Waals surface area contributed by atoms with Crippen LogP contribution in [0.1, 0.15) is 17.0 Å². The minimum Gasteiger partial charge on any atom is -0.380 e. The van der Waals surface area contributed by atoms with E-state index < -0.39 is 5.51 Å². The summed E-state index contributed by atoms with van der Waals surface area (Å²) in [6.45, 7) is 3.94. The second kappa shape index (κ2) is 5.78. The summed E-state index contributed by atoms with van der Waals surface area (Å²) < 4.78 is 42.4.